The van der Waals surface area contributed by atoms with Crippen molar-refractivity contribution < 1.29 is 17.4 Å². The van der Waals surface area contributed by atoms with Crippen molar-refractivity contribution in [3.8, 4) is 5.75 Å². The monoisotopic (exact) mass is 380 g/mol. The second-order valence-electron chi connectivity index (χ2n) is 5.17. The number of hydrogen-bond acceptors (Lipinski definition) is 5. The summed E-state index contributed by atoms with van der Waals surface area (Å²) >= 11 is 5.91. The predicted molar refractivity (Wildman–Crippen MR) is 97.4 cm³/mol. The molecule has 1 amide bonds. The Morgan fingerprint density at radius 2 is 1.60 bits per heavy atom. The summed E-state index contributed by atoms with van der Waals surface area (Å²) in [5, 5.41) is 4.76. The van der Waals surface area contributed by atoms with Crippen molar-refractivity contribution in [2.24, 2.45) is 5.10 Å². The maximum absolute atomic E-state index is 11.5. The SMILES string of the molecule is CCC(=O)NN=C(c1ccc(Cl)cc1)c1ccc(OS(C)(=O)=O)cc1. The zero-order valence-corrected chi connectivity index (χ0v) is 15.3. The van der Waals surface area contributed by atoms with Crippen molar-refractivity contribution in [1.82, 2.24) is 5.43 Å². The van der Waals surface area contributed by atoms with Crippen LogP contribution in [0, 0.1) is 0 Å². The van der Waals surface area contributed by atoms with Gasteiger partial charge in [0.05, 0.1) is 12.0 Å². The predicted octanol–water partition coefficient (Wildman–Crippen LogP) is 2.96. The van der Waals surface area contributed by atoms with Crippen molar-refractivity contribution in [2.75, 3.05) is 6.26 Å². The fourth-order valence-electron chi connectivity index (χ4n) is 1.94. The zero-order valence-electron chi connectivity index (χ0n) is 13.7. The second-order valence-corrected chi connectivity index (χ2v) is 7.18. The number of carbonyl (C=O) groups is 1. The zero-order chi connectivity index (χ0) is 18.4. The Kier molecular flexibility index (Phi) is 6.17. The molecule has 0 aliphatic carbocycles. The molecule has 0 unspecified atom stereocenters. The maximum Gasteiger partial charge on any atom is 0.306 e. The number of nitrogens with one attached hydrogen (secondary N) is 1. The molecule has 0 spiro atoms. The Labute approximate surface area is 151 Å². The molecular formula is C17H17ClN2O4S. The fraction of sp³-hybridized carbons (Fsp3) is 0.176. The van der Waals surface area contributed by atoms with Gasteiger partial charge in [0.15, 0.2) is 0 Å². The molecule has 2 rings (SSSR count). The molecule has 0 aliphatic heterocycles. The van der Waals surface area contributed by atoms with Crippen LogP contribution in [0.3, 0.4) is 0 Å². The van der Waals surface area contributed by atoms with Gasteiger partial charge in [-0.05, 0) is 36.4 Å². The third-order valence-electron chi connectivity index (χ3n) is 3.11. The van der Waals surface area contributed by atoms with E-state index >= 15 is 0 Å². The van der Waals surface area contributed by atoms with Crippen LogP contribution >= 0.6 is 11.6 Å². The Morgan fingerprint density at radius 1 is 1.08 bits per heavy atom. The first-order valence-electron chi connectivity index (χ1n) is 7.41. The standard InChI is InChI=1S/C17H17ClN2O4S/c1-3-16(21)19-20-17(12-4-8-14(18)9-5-12)13-6-10-15(11-7-13)24-25(2,22)23/h4-11H,3H2,1-2H3,(H,19,21). The lowest BCUT2D eigenvalue weighted by Crippen LogP contribution is -2.19. The number of rotatable bonds is 6. The summed E-state index contributed by atoms with van der Waals surface area (Å²) in [6, 6.07) is 13.3. The molecule has 6 nitrogen and oxygen atoms in total. The molecule has 2 aromatic carbocycles. The Bertz CT molecular complexity index is 876. The Balaban J connectivity index is 2.37. The van der Waals surface area contributed by atoms with Crippen LogP contribution in [-0.2, 0) is 14.9 Å². The Morgan fingerprint density at radius 3 is 2.08 bits per heavy atom. The molecule has 0 aliphatic rings. The highest BCUT2D eigenvalue weighted by molar-refractivity contribution is 7.86. The summed E-state index contributed by atoms with van der Waals surface area (Å²) in [5.41, 5.74) is 4.43. The number of benzene rings is 2. The summed E-state index contributed by atoms with van der Waals surface area (Å²) < 4.78 is 27.2. The third kappa shape index (κ3) is 5.88. The van der Waals surface area contributed by atoms with Crippen molar-refractivity contribution in [3.05, 3.63) is 64.7 Å². The normalized spacial score (nSPS) is 11.9. The van der Waals surface area contributed by atoms with Gasteiger partial charge in [-0.25, -0.2) is 5.43 Å². The van der Waals surface area contributed by atoms with Crippen LogP contribution in [0.4, 0.5) is 0 Å². The second kappa shape index (κ2) is 8.13. The van der Waals surface area contributed by atoms with Crippen LogP contribution < -0.4 is 9.61 Å². The molecule has 8 heteroatoms. The minimum atomic E-state index is -3.59. The minimum Gasteiger partial charge on any atom is -0.383 e. The van der Waals surface area contributed by atoms with Crippen LogP contribution in [0.25, 0.3) is 0 Å². The van der Waals surface area contributed by atoms with E-state index in [1.165, 1.54) is 12.1 Å². The summed E-state index contributed by atoms with van der Waals surface area (Å²) in [6.07, 6.45) is 1.28. The molecule has 25 heavy (non-hydrogen) atoms. The average Bonchev–Trinajstić information content (AvgIpc) is 2.56. The lowest BCUT2D eigenvalue weighted by atomic mass is 10.0. The summed E-state index contributed by atoms with van der Waals surface area (Å²) in [7, 11) is -3.59. The van der Waals surface area contributed by atoms with Gasteiger partial charge in [-0.1, -0.05) is 30.7 Å². The lowest BCUT2D eigenvalue weighted by molar-refractivity contribution is -0.120. The van der Waals surface area contributed by atoms with Crippen molar-refractivity contribution in [2.45, 2.75) is 13.3 Å². The van der Waals surface area contributed by atoms with E-state index in [0.717, 1.165) is 11.8 Å². The van der Waals surface area contributed by atoms with Gasteiger partial charge in [-0.2, -0.15) is 13.5 Å². The molecule has 132 valence electrons. The van der Waals surface area contributed by atoms with E-state index in [9.17, 15) is 13.2 Å². The minimum absolute atomic E-state index is 0.194. The first kappa shape index (κ1) is 19.0. The van der Waals surface area contributed by atoms with E-state index < -0.39 is 10.1 Å². The molecule has 0 atom stereocenters. The van der Waals surface area contributed by atoms with Gasteiger partial charge in [0.2, 0.25) is 5.91 Å². The van der Waals surface area contributed by atoms with E-state index in [-0.39, 0.29) is 11.7 Å². The average molecular weight is 381 g/mol. The maximum atomic E-state index is 11.5. The summed E-state index contributed by atoms with van der Waals surface area (Å²) in [5.74, 6) is -0.0252. The van der Waals surface area contributed by atoms with Gasteiger partial charge in [0.25, 0.3) is 0 Å². The largest absolute Gasteiger partial charge is 0.383 e. The molecule has 0 bridgehead atoms. The number of halogens is 1. The van der Waals surface area contributed by atoms with Gasteiger partial charge in [-0.3, -0.25) is 4.79 Å². The molecule has 0 radical (unpaired) electrons. The highest BCUT2D eigenvalue weighted by Crippen LogP contribution is 2.18. The van der Waals surface area contributed by atoms with Crippen molar-refractivity contribution in [1.29, 1.82) is 0 Å². The highest BCUT2D eigenvalue weighted by Gasteiger charge is 2.10. The Hall–Kier alpha value is -2.38. The molecule has 2 aromatic rings. The summed E-state index contributed by atoms with van der Waals surface area (Å²) in [4.78, 5) is 11.5. The molecule has 0 aromatic heterocycles. The number of carbonyl (C=O) groups excluding carboxylic acids is 1. The van der Waals surface area contributed by atoms with Gasteiger partial charge in [-0.15, -0.1) is 0 Å². The molecular weight excluding hydrogens is 364 g/mol. The van der Waals surface area contributed by atoms with Crippen molar-refractivity contribution >= 4 is 33.3 Å². The van der Waals surface area contributed by atoms with Gasteiger partial charge in [0.1, 0.15) is 5.75 Å². The van der Waals surface area contributed by atoms with E-state index in [0.29, 0.717) is 22.7 Å². The quantitative estimate of drug-likeness (QED) is 0.474. The molecule has 1 N–H and O–H groups in total. The fourth-order valence-corrected chi connectivity index (χ4v) is 2.53. The number of hydrogen-bond donors (Lipinski definition) is 1. The smallest absolute Gasteiger partial charge is 0.306 e. The number of hydrazone groups is 1. The van der Waals surface area contributed by atoms with Crippen molar-refractivity contribution in [3.63, 3.8) is 0 Å². The third-order valence-corrected chi connectivity index (χ3v) is 3.85. The van der Waals surface area contributed by atoms with Gasteiger partial charge >= 0.3 is 10.1 Å². The van der Waals surface area contributed by atoms with E-state index in [1.807, 2.05) is 0 Å². The first-order valence-corrected chi connectivity index (χ1v) is 9.60. The number of amides is 1. The van der Waals surface area contributed by atoms with Crippen LogP contribution in [0.1, 0.15) is 24.5 Å². The molecule has 0 fully saturated rings. The van der Waals surface area contributed by atoms with Crippen LogP contribution in [0.5, 0.6) is 5.75 Å². The van der Waals surface area contributed by atoms with Crippen LogP contribution in [0.2, 0.25) is 5.02 Å². The van der Waals surface area contributed by atoms with E-state index in [1.54, 1.807) is 43.3 Å². The van der Waals surface area contributed by atoms with E-state index in [4.69, 9.17) is 15.8 Å². The molecule has 0 saturated carbocycles. The molecule has 0 heterocycles. The highest BCUT2D eigenvalue weighted by atomic mass is 35.5. The lowest BCUT2D eigenvalue weighted by Gasteiger charge is -2.09. The van der Waals surface area contributed by atoms with Gasteiger partial charge in [0, 0.05) is 22.6 Å². The van der Waals surface area contributed by atoms with Crippen LogP contribution in [-0.4, -0.2) is 26.3 Å². The topological polar surface area (TPSA) is 84.8 Å². The summed E-state index contributed by atoms with van der Waals surface area (Å²) in [6.45, 7) is 1.73. The number of nitrogens with zero attached hydrogens (tertiary/aromatic N) is 1. The van der Waals surface area contributed by atoms with Gasteiger partial charge < -0.3 is 4.18 Å². The first-order chi connectivity index (χ1) is 11.8. The van der Waals surface area contributed by atoms with Crippen LogP contribution in [0.15, 0.2) is 53.6 Å². The molecule has 0 saturated heterocycles. The van der Waals surface area contributed by atoms with E-state index in [2.05, 4.69) is 10.5 Å².